The third-order valence-corrected chi connectivity index (χ3v) is 5.43. The van der Waals surface area contributed by atoms with Gasteiger partial charge in [-0.1, -0.05) is 13.8 Å². The Bertz CT molecular complexity index is 1020. The number of carboxylic acids is 1. The molecular weight excluding hydrogens is 402 g/mol. The van der Waals surface area contributed by atoms with E-state index in [9.17, 15) is 28.1 Å². The normalized spacial score (nSPS) is 12.4. The second-order valence-corrected chi connectivity index (χ2v) is 8.18. The smallest absolute Gasteiger partial charge is 0.322 e. The molecule has 0 bridgehead atoms. The first-order valence-electron chi connectivity index (χ1n) is 8.42. The lowest BCUT2D eigenvalue weighted by Crippen LogP contribution is -2.44. The van der Waals surface area contributed by atoms with Crippen LogP contribution < -0.4 is 10.0 Å². The Labute approximate surface area is 166 Å². The van der Waals surface area contributed by atoms with Crippen LogP contribution in [0.2, 0.25) is 0 Å². The number of rotatable bonds is 8. The van der Waals surface area contributed by atoms with Crippen molar-refractivity contribution in [3.05, 3.63) is 64.2 Å². The molecule has 0 aliphatic carbocycles. The lowest BCUT2D eigenvalue weighted by Gasteiger charge is -2.18. The van der Waals surface area contributed by atoms with Gasteiger partial charge < -0.3 is 10.4 Å². The maximum atomic E-state index is 12.4. The van der Waals surface area contributed by atoms with Gasteiger partial charge in [0.15, 0.2) is 0 Å². The van der Waals surface area contributed by atoms with Crippen LogP contribution in [0.15, 0.2) is 53.4 Å². The average Bonchev–Trinajstić information content (AvgIpc) is 2.66. The van der Waals surface area contributed by atoms with Crippen molar-refractivity contribution in [1.29, 1.82) is 0 Å². The zero-order chi connectivity index (χ0) is 21.8. The topological polar surface area (TPSA) is 156 Å². The van der Waals surface area contributed by atoms with E-state index < -0.39 is 38.8 Å². The Balaban J connectivity index is 2.12. The quantitative estimate of drug-likeness (QED) is 0.436. The van der Waals surface area contributed by atoms with Crippen LogP contribution >= 0.6 is 0 Å². The van der Waals surface area contributed by atoms with Gasteiger partial charge in [0.05, 0.1) is 9.82 Å². The summed E-state index contributed by atoms with van der Waals surface area (Å²) in [6, 6.07) is 8.88. The van der Waals surface area contributed by atoms with E-state index in [2.05, 4.69) is 10.0 Å². The highest BCUT2D eigenvalue weighted by Crippen LogP contribution is 2.18. The van der Waals surface area contributed by atoms with Gasteiger partial charge in [-0.05, 0) is 42.3 Å². The standard InChI is InChI=1S/C18H19N3O7S/c1-11(2)16(18(23)24)20-29(27,28)15-9-5-13(6-10-15)19-17(22)12-3-7-14(8-4-12)21(25)26/h3-11,16,20H,1-2H3,(H,19,22)(H,23,24)/t16-/m1/s1. The molecule has 1 amide bonds. The molecule has 29 heavy (non-hydrogen) atoms. The summed E-state index contributed by atoms with van der Waals surface area (Å²) in [6.45, 7) is 3.16. The van der Waals surface area contributed by atoms with Crippen molar-refractivity contribution >= 4 is 33.3 Å². The van der Waals surface area contributed by atoms with Crippen molar-refractivity contribution in [3.8, 4) is 0 Å². The highest BCUT2D eigenvalue weighted by Gasteiger charge is 2.28. The van der Waals surface area contributed by atoms with Crippen LogP contribution in [0.5, 0.6) is 0 Å². The largest absolute Gasteiger partial charge is 0.480 e. The molecule has 0 saturated carbocycles. The molecule has 2 aromatic rings. The summed E-state index contributed by atoms with van der Waals surface area (Å²) in [5.74, 6) is -2.27. The van der Waals surface area contributed by atoms with E-state index in [1.54, 1.807) is 13.8 Å². The maximum Gasteiger partial charge on any atom is 0.322 e. The number of non-ortho nitro benzene ring substituents is 1. The second kappa shape index (κ2) is 8.80. The minimum atomic E-state index is -4.07. The Kier molecular flexibility index (Phi) is 6.67. The third-order valence-electron chi connectivity index (χ3n) is 3.98. The molecule has 0 fully saturated rings. The first-order chi connectivity index (χ1) is 13.5. The molecule has 2 rings (SSSR count). The minimum Gasteiger partial charge on any atom is -0.480 e. The summed E-state index contributed by atoms with van der Waals surface area (Å²) in [5, 5.41) is 22.3. The molecule has 0 aliphatic heterocycles. The van der Waals surface area contributed by atoms with Crippen LogP contribution in [0.1, 0.15) is 24.2 Å². The second-order valence-electron chi connectivity index (χ2n) is 6.46. The number of hydrogen-bond donors (Lipinski definition) is 3. The Morgan fingerprint density at radius 2 is 1.59 bits per heavy atom. The zero-order valence-electron chi connectivity index (χ0n) is 15.5. The third kappa shape index (κ3) is 5.59. The van der Waals surface area contributed by atoms with Crippen LogP contribution in [-0.2, 0) is 14.8 Å². The monoisotopic (exact) mass is 421 g/mol. The predicted octanol–water partition coefficient (Wildman–Crippen LogP) is 2.23. The molecule has 0 aromatic heterocycles. The summed E-state index contributed by atoms with van der Waals surface area (Å²) in [5.41, 5.74) is 0.339. The number of carbonyl (C=O) groups excluding carboxylic acids is 1. The molecule has 2 aromatic carbocycles. The highest BCUT2D eigenvalue weighted by atomic mass is 32.2. The lowest BCUT2D eigenvalue weighted by atomic mass is 10.1. The number of carboxylic acid groups (broad SMARTS) is 1. The average molecular weight is 421 g/mol. The van der Waals surface area contributed by atoms with Crippen molar-refractivity contribution < 1.29 is 28.0 Å². The zero-order valence-corrected chi connectivity index (χ0v) is 16.3. The van der Waals surface area contributed by atoms with Crippen LogP contribution in [0.25, 0.3) is 0 Å². The molecule has 1 atom stereocenters. The van der Waals surface area contributed by atoms with Crippen molar-refractivity contribution in [3.63, 3.8) is 0 Å². The van der Waals surface area contributed by atoms with Gasteiger partial charge in [0, 0.05) is 23.4 Å². The number of hydrogen-bond acceptors (Lipinski definition) is 6. The Morgan fingerprint density at radius 1 is 1.03 bits per heavy atom. The first kappa shape index (κ1) is 22.0. The van der Waals surface area contributed by atoms with E-state index in [-0.39, 0.29) is 16.1 Å². The van der Waals surface area contributed by atoms with Gasteiger partial charge in [0.2, 0.25) is 10.0 Å². The summed E-state index contributed by atoms with van der Waals surface area (Å²) < 4.78 is 26.9. The van der Waals surface area contributed by atoms with Crippen LogP contribution in [-0.4, -0.2) is 36.4 Å². The highest BCUT2D eigenvalue weighted by molar-refractivity contribution is 7.89. The maximum absolute atomic E-state index is 12.4. The van der Waals surface area contributed by atoms with E-state index >= 15 is 0 Å². The van der Waals surface area contributed by atoms with E-state index in [1.807, 2.05) is 0 Å². The van der Waals surface area contributed by atoms with E-state index in [0.717, 1.165) is 0 Å². The Hall–Kier alpha value is -3.31. The summed E-state index contributed by atoms with van der Waals surface area (Å²) >= 11 is 0. The van der Waals surface area contributed by atoms with Crippen molar-refractivity contribution in [2.45, 2.75) is 24.8 Å². The van der Waals surface area contributed by atoms with Gasteiger partial charge in [0.1, 0.15) is 6.04 Å². The summed E-state index contributed by atoms with van der Waals surface area (Å²) in [6.07, 6.45) is 0. The van der Waals surface area contributed by atoms with Crippen LogP contribution in [0.4, 0.5) is 11.4 Å². The lowest BCUT2D eigenvalue weighted by molar-refractivity contribution is -0.384. The molecule has 0 unspecified atom stereocenters. The molecular formula is C18H19N3O7S. The number of nitro groups is 1. The Morgan fingerprint density at radius 3 is 2.03 bits per heavy atom. The number of nitrogens with one attached hydrogen (secondary N) is 2. The fraction of sp³-hybridized carbons (Fsp3) is 0.222. The number of nitrogens with zero attached hydrogens (tertiary/aromatic N) is 1. The minimum absolute atomic E-state index is 0.148. The number of carbonyl (C=O) groups is 2. The van der Waals surface area contributed by atoms with Gasteiger partial charge >= 0.3 is 5.97 Å². The predicted molar refractivity (Wildman–Crippen MR) is 104 cm³/mol. The van der Waals surface area contributed by atoms with Crippen LogP contribution in [0.3, 0.4) is 0 Å². The molecule has 3 N–H and O–H groups in total. The number of anilines is 1. The van der Waals surface area contributed by atoms with Crippen molar-refractivity contribution in [2.24, 2.45) is 5.92 Å². The van der Waals surface area contributed by atoms with Crippen molar-refractivity contribution in [1.82, 2.24) is 4.72 Å². The number of aliphatic carboxylic acids is 1. The van der Waals surface area contributed by atoms with Gasteiger partial charge in [-0.3, -0.25) is 19.7 Å². The van der Waals surface area contributed by atoms with Gasteiger partial charge in [-0.2, -0.15) is 4.72 Å². The molecule has 0 saturated heterocycles. The SMILES string of the molecule is CC(C)[C@@H](NS(=O)(=O)c1ccc(NC(=O)c2ccc([N+](=O)[O-])cc2)cc1)C(=O)O. The number of benzene rings is 2. The molecule has 10 nitrogen and oxygen atoms in total. The van der Waals surface area contributed by atoms with E-state index in [1.165, 1.54) is 48.5 Å². The molecule has 0 heterocycles. The van der Waals surface area contributed by atoms with E-state index in [0.29, 0.717) is 5.69 Å². The van der Waals surface area contributed by atoms with Gasteiger partial charge in [0.25, 0.3) is 11.6 Å². The van der Waals surface area contributed by atoms with Gasteiger partial charge in [-0.15, -0.1) is 0 Å². The summed E-state index contributed by atoms with van der Waals surface area (Å²) in [4.78, 5) is 33.3. The summed E-state index contributed by atoms with van der Waals surface area (Å²) in [7, 11) is -4.07. The molecule has 154 valence electrons. The van der Waals surface area contributed by atoms with Crippen LogP contribution in [0, 0.1) is 16.0 Å². The number of sulfonamides is 1. The molecule has 0 aliphatic rings. The number of nitro benzene ring substituents is 1. The van der Waals surface area contributed by atoms with Gasteiger partial charge in [-0.25, -0.2) is 8.42 Å². The molecule has 0 radical (unpaired) electrons. The molecule has 0 spiro atoms. The van der Waals surface area contributed by atoms with E-state index in [4.69, 9.17) is 5.11 Å². The number of amides is 1. The fourth-order valence-corrected chi connectivity index (χ4v) is 3.70. The molecule has 11 heteroatoms. The first-order valence-corrected chi connectivity index (χ1v) is 9.90. The van der Waals surface area contributed by atoms with Crippen molar-refractivity contribution in [2.75, 3.05) is 5.32 Å². The fourth-order valence-electron chi connectivity index (χ4n) is 2.36.